The van der Waals surface area contributed by atoms with Crippen LogP contribution in [0.3, 0.4) is 0 Å². The molecule has 1 aromatic heterocycles. The third kappa shape index (κ3) is 3.33. The van der Waals surface area contributed by atoms with Gasteiger partial charge in [0.05, 0.1) is 11.0 Å². The van der Waals surface area contributed by atoms with Crippen molar-refractivity contribution in [3.05, 3.63) is 64.0 Å². The number of hydrogen-bond donors (Lipinski definition) is 2. The molecule has 21 heavy (non-hydrogen) atoms. The molecule has 0 saturated carbocycles. The number of carboxylic acid groups (broad SMARTS) is 1. The quantitative estimate of drug-likeness (QED) is 0.647. The molecule has 1 unspecified atom stereocenters. The molecule has 0 amide bonds. The first-order chi connectivity index (χ1) is 9.99. The third-order valence-electron chi connectivity index (χ3n) is 2.99. The molecular formula is C14H13N3O4. The molecule has 1 heterocycles. The lowest BCUT2D eigenvalue weighted by Gasteiger charge is -2.15. The van der Waals surface area contributed by atoms with Gasteiger partial charge in [0.15, 0.2) is 0 Å². The van der Waals surface area contributed by atoms with Crippen LogP contribution in [0.15, 0.2) is 42.7 Å². The van der Waals surface area contributed by atoms with Gasteiger partial charge in [-0.25, -0.2) is 4.79 Å². The van der Waals surface area contributed by atoms with Crippen LogP contribution in [0.4, 0.5) is 11.4 Å². The van der Waals surface area contributed by atoms with Crippen LogP contribution in [0, 0.1) is 10.1 Å². The molecule has 2 rings (SSSR count). The molecule has 1 atom stereocenters. The molecule has 0 spiro atoms. The minimum absolute atomic E-state index is 0.109. The molecule has 0 aliphatic heterocycles. The number of aromatic carboxylic acids is 1. The predicted octanol–water partition coefficient (Wildman–Crippen LogP) is 2.86. The summed E-state index contributed by atoms with van der Waals surface area (Å²) in [5.74, 6) is -1.33. The zero-order valence-electron chi connectivity index (χ0n) is 11.2. The van der Waals surface area contributed by atoms with E-state index in [1.165, 1.54) is 18.2 Å². The number of nitrogens with zero attached hydrogens (tertiary/aromatic N) is 2. The van der Waals surface area contributed by atoms with Gasteiger partial charge in [-0.1, -0.05) is 6.07 Å². The van der Waals surface area contributed by atoms with Crippen molar-refractivity contribution in [2.45, 2.75) is 13.0 Å². The normalized spacial score (nSPS) is 11.7. The molecular weight excluding hydrogens is 274 g/mol. The zero-order chi connectivity index (χ0) is 15.4. The number of nitro benzene ring substituents is 1. The van der Waals surface area contributed by atoms with Crippen molar-refractivity contribution in [3.8, 4) is 0 Å². The molecule has 0 bridgehead atoms. The minimum atomic E-state index is -1.33. The van der Waals surface area contributed by atoms with Crippen molar-refractivity contribution in [2.75, 3.05) is 5.32 Å². The van der Waals surface area contributed by atoms with Crippen molar-refractivity contribution in [2.24, 2.45) is 0 Å². The average molecular weight is 287 g/mol. The highest BCUT2D eigenvalue weighted by molar-refractivity contribution is 5.93. The lowest BCUT2D eigenvalue weighted by molar-refractivity contribution is -0.385. The lowest BCUT2D eigenvalue weighted by Crippen LogP contribution is -2.09. The summed E-state index contributed by atoms with van der Waals surface area (Å²) in [7, 11) is 0. The van der Waals surface area contributed by atoms with Crippen molar-refractivity contribution in [1.82, 2.24) is 4.98 Å². The summed E-state index contributed by atoms with van der Waals surface area (Å²) >= 11 is 0. The standard InChI is InChI=1S/C14H13N3O4/c1-9(10-3-2-6-15-8-10)16-11-4-5-13(17(20)21)12(7-11)14(18)19/h2-9,16H,1H3,(H,18,19). The fraction of sp³-hybridized carbons (Fsp3) is 0.143. The fourth-order valence-corrected chi connectivity index (χ4v) is 1.92. The second-order valence-electron chi connectivity index (χ2n) is 4.45. The summed E-state index contributed by atoms with van der Waals surface area (Å²) in [5, 5.41) is 22.9. The highest BCUT2D eigenvalue weighted by Gasteiger charge is 2.20. The number of carboxylic acids is 1. The summed E-state index contributed by atoms with van der Waals surface area (Å²) in [6.07, 6.45) is 3.35. The Labute approximate surface area is 120 Å². The highest BCUT2D eigenvalue weighted by atomic mass is 16.6. The van der Waals surface area contributed by atoms with E-state index in [0.717, 1.165) is 5.56 Å². The van der Waals surface area contributed by atoms with E-state index < -0.39 is 16.6 Å². The van der Waals surface area contributed by atoms with Crippen molar-refractivity contribution in [1.29, 1.82) is 0 Å². The maximum atomic E-state index is 11.1. The van der Waals surface area contributed by atoms with Gasteiger partial charge in [-0.3, -0.25) is 15.1 Å². The Morgan fingerprint density at radius 2 is 2.19 bits per heavy atom. The monoisotopic (exact) mass is 287 g/mol. The molecule has 0 aliphatic carbocycles. The van der Waals surface area contributed by atoms with E-state index in [2.05, 4.69) is 10.3 Å². The number of rotatable bonds is 5. The van der Waals surface area contributed by atoms with Gasteiger partial charge in [-0.2, -0.15) is 0 Å². The zero-order valence-corrected chi connectivity index (χ0v) is 11.2. The molecule has 0 aliphatic rings. The van der Waals surface area contributed by atoms with E-state index in [4.69, 9.17) is 5.11 Å². The molecule has 7 heteroatoms. The van der Waals surface area contributed by atoms with E-state index in [9.17, 15) is 14.9 Å². The van der Waals surface area contributed by atoms with Crippen molar-refractivity contribution >= 4 is 17.3 Å². The molecule has 0 saturated heterocycles. The number of hydrogen-bond acceptors (Lipinski definition) is 5. The van der Waals surface area contributed by atoms with Gasteiger partial charge >= 0.3 is 5.97 Å². The van der Waals surface area contributed by atoms with Gasteiger partial charge in [0, 0.05) is 24.1 Å². The lowest BCUT2D eigenvalue weighted by atomic mass is 10.1. The predicted molar refractivity (Wildman–Crippen MR) is 76.3 cm³/mol. The Bertz CT molecular complexity index is 673. The summed E-state index contributed by atoms with van der Waals surface area (Å²) in [5.41, 5.74) is 0.646. The van der Waals surface area contributed by atoms with Crippen LogP contribution in [0.2, 0.25) is 0 Å². The first-order valence-electron chi connectivity index (χ1n) is 6.17. The third-order valence-corrected chi connectivity index (χ3v) is 2.99. The molecule has 0 fully saturated rings. The molecule has 0 radical (unpaired) electrons. The Hall–Kier alpha value is -2.96. The van der Waals surface area contributed by atoms with E-state index in [1.54, 1.807) is 18.5 Å². The summed E-state index contributed by atoms with van der Waals surface area (Å²) < 4.78 is 0. The number of aromatic nitrogens is 1. The van der Waals surface area contributed by atoms with Crippen LogP contribution >= 0.6 is 0 Å². The van der Waals surface area contributed by atoms with E-state index in [0.29, 0.717) is 5.69 Å². The molecule has 7 nitrogen and oxygen atoms in total. The Balaban J connectivity index is 2.27. The topological polar surface area (TPSA) is 105 Å². The van der Waals surface area contributed by atoms with E-state index >= 15 is 0 Å². The van der Waals surface area contributed by atoms with Gasteiger partial charge in [0.1, 0.15) is 5.56 Å². The summed E-state index contributed by atoms with van der Waals surface area (Å²) in [6.45, 7) is 1.89. The first kappa shape index (κ1) is 14.4. The van der Waals surface area contributed by atoms with Gasteiger partial charge in [0.25, 0.3) is 5.69 Å². The number of benzene rings is 1. The second kappa shape index (κ2) is 6.00. The van der Waals surface area contributed by atoms with Crippen molar-refractivity contribution < 1.29 is 14.8 Å². The maximum absolute atomic E-state index is 11.1. The molecule has 108 valence electrons. The van der Waals surface area contributed by atoms with Crippen molar-refractivity contribution in [3.63, 3.8) is 0 Å². The summed E-state index contributed by atoms with van der Waals surface area (Å²) in [4.78, 5) is 25.2. The van der Waals surface area contributed by atoms with Gasteiger partial charge in [-0.05, 0) is 30.7 Å². The largest absolute Gasteiger partial charge is 0.477 e. The Kier molecular flexibility index (Phi) is 4.13. The Morgan fingerprint density at radius 1 is 1.43 bits per heavy atom. The van der Waals surface area contributed by atoms with Crippen LogP contribution in [0.25, 0.3) is 0 Å². The SMILES string of the molecule is CC(Nc1ccc([N+](=O)[O-])c(C(=O)O)c1)c1cccnc1. The highest BCUT2D eigenvalue weighted by Crippen LogP contribution is 2.25. The van der Waals surface area contributed by atoms with Gasteiger partial charge in [0.2, 0.25) is 0 Å². The van der Waals surface area contributed by atoms with Crippen LogP contribution in [0.1, 0.15) is 28.9 Å². The molecule has 2 N–H and O–H groups in total. The van der Waals surface area contributed by atoms with E-state index in [-0.39, 0.29) is 11.6 Å². The number of anilines is 1. The van der Waals surface area contributed by atoms with E-state index in [1.807, 2.05) is 13.0 Å². The van der Waals surface area contributed by atoms with Crippen LogP contribution in [0.5, 0.6) is 0 Å². The van der Waals surface area contributed by atoms with Gasteiger partial charge in [-0.15, -0.1) is 0 Å². The number of nitro groups is 1. The summed E-state index contributed by atoms with van der Waals surface area (Å²) in [6, 6.07) is 7.49. The second-order valence-corrected chi connectivity index (χ2v) is 4.45. The van der Waals surface area contributed by atoms with Crippen LogP contribution in [-0.4, -0.2) is 21.0 Å². The van der Waals surface area contributed by atoms with Crippen LogP contribution in [-0.2, 0) is 0 Å². The maximum Gasteiger partial charge on any atom is 0.342 e. The smallest absolute Gasteiger partial charge is 0.342 e. The average Bonchev–Trinajstić information content (AvgIpc) is 2.47. The first-order valence-corrected chi connectivity index (χ1v) is 6.17. The minimum Gasteiger partial charge on any atom is -0.477 e. The molecule has 1 aromatic carbocycles. The number of carbonyl (C=O) groups is 1. The number of nitrogens with one attached hydrogen (secondary N) is 1. The fourth-order valence-electron chi connectivity index (χ4n) is 1.92. The molecule has 2 aromatic rings. The number of pyridine rings is 1. The Morgan fingerprint density at radius 3 is 2.76 bits per heavy atom. The van der Waals surface area contributed by atoms with Gasteiger partial charge < -0.3 is 10.4 Å². The van der Waals surface area contributed by atoms with Crippen LogP contribution < -0.4 is 5.32 Å².